The lowest BCUT2D eigenvalue weighted by atomic mass is 10.2. The summed E-state index contributed by atoms with van der Waals surface area (Å²) < 4.78 is 22.5. The smallest absolute Gasteiger partial charge is 0.332 e. The number of rotatable bonds is 8. The van der Waals surface area contributed by atoms with Crippen molar-refractivity contribution in [2.24, 2.45) is 11.8 Å². The van der Waals surface area contributed by atoms with E-state index in [0.29, 0.717) is 25.0 Å². The third-order valence-corrected chi connectivity index (χ3v) is 3.42. The molecule has 0 aliphatic carbocycles. The van der Waals surface area contributed by atoms with Crippen LogP contribution in [0.25, 0.3) is 0 Å². The summed E-state index contributed by atoms with van der Waals surface area (Å²) in [5.41, 5.74) is 0. The van der Waals surface area contributed by atoms with Gasteiger partial charge in [0.25, 0.3) is 0 Å². The maximum Gasteiger partial charge on any atom is 0.332 e. The van der Waals surface area contributed by atoms with E-state index in [1.165, 1.54) is 0 Å². The van der Waals surface area contributed by atoms with Gasteiger partial charge in [0.1, 0.15) is 0 Å². The highest BCUT2D eigenvalue weighted by Crippen LogP contribution is 2.48. The van der Waals surface area contributed by atoms with Gasteiger partial charge in [-0.3, -0.25) is 4.57 Å². The van der Waals surface area contributed by atoms with Gasteiger partial charge in [-0.05, 0) is 11.8 Å². The van der Waals surface area contributed by atoms with Crippen LogP contribution >= 0.6 is 7.60 Å². The first-order valence-corrected chi connectivity index (χ1v) is 7.11. The predicted octanol–water partition coefficient (Wildman–Crippen LogP) is 2.52. The van der Waals surface area contributed by atoms with E-state index < -0.39 is 7.60 Å². The highest BCUT2D eigenvalue weighted by Gasteiger charge is 2.24. The molecule has 0 spiro atoms. The van der Waals surface area contributed by atoms with Gasteiger partial charge in [-0.2, -0.15) is 0 Å². The van der Waals surface area contributed by atoms with Gasteiger partial charge in [-0.25, -0.2) is 0 Å². The molecule has 4 nitrogen and oxygen atoms in total. The summed E-state index contributed by atoms with van der Waals surface area (Å²) >= 11 is 0. The van der Waals surface area contributed by atoms with Gasteiger partial charge in [0.05, 0.1) is 26.0 Å². The van der Waals surface area contributed by atoms with Gasteiger partial charge in [0, 0.05) is 0 Å². The topological polar surface area (TPSA) is 55.8 Å². The minimum atomic E-state index is -3.08. The first kappa shape index (κ1) is 15.1. The number of hydrogen-bond donors (Lipinski definition) is 1. The summed E-state index contributed by atoms with van der Waals surface area (Å²) in [5, 5.41) is 8.80. The van der Waals surface area contributed by atoms with E-state index >= 15 is 0 Å². The third-order valence-electron chi connectivity index (χ3n) is 1.58. The van der Waals surface area contributed by atoms with E-state index in [0.717, 1.165) is 0 Å². The second kappa shape index (κ2) is 7.39. The molecule has 0 saturated heterocycles. The van der Waals surface area contributed by atoms with Crippen molar-refractivity contribution in [3.8, 4) is 0 Å². The molecule has 0 saturated carbocycles. The van der Waals surface area contributed by atoms with E-state index in [-0.39, 0.29) is 12.8 Å². The van der Waals surface area contributed by atoms with Crippen LogP contribution in [0, 0.1) is 11.8 Å². The molecule has 5 heteroatoms. The lowest BCUT2D eigenvalue weighted by Crippen LogP contribution is -2.10. The van der Waals surface area contributed by atoms with Crippen LogP contribution in [0.4, 0.5) is 0 Å². The summed E-state index contributed by atoms with van der Waals surface area (Å²) in [7, 11) is -3.08. The molecule has 0 bridgehead atoms. The van der Waals surface area contributed by atoms with E-state index in [4.69, 9.17) is 14.2 Å². The van der Waals surface area contributed by atoms with Crippen LogP contribution in [0.15, 0.2) is 0 Å². The minimum Gasteiger partial charge on any atom is -0.396 e. The largest absolute Gasteiger partial charge is 0.396 e. The molecule has 0 aromatic carbocycles. The number of hydrogen-bond acceptors (Lipinski definition) is 4. The molecular formula is C10H23O4P. The Balaban J connectivity index is 4.12. The summed E-state index contributed by atoms with van der Waals surface area (Å²) in [6.45, 7) is 8.53. The normalized spacial score (nSPS) is 12.7. The van der Waals surface area contributed by atoms with Crippen LogP contribution in [-0.4, -0.2) is 31.1 Å². The van der Waals surface area contributed by atoms with Gasteiger partial charge < -0.3 is 14.2 Å². The summed E-state index contributed by atoms with van der Waals surface area (Å²) in [6.07, 6.45) is 0.0758. The Morgan fingerprint density at radius 1 is 1.07 bits per heavy atom. The van der Waals surface area contributed by atoms with Crippen molar-refractivity contribution in [1.29, 1.82) is 0 Å². The standard InChI is InChI=1S/C10H23O4P/c1-9(2)7-13-15(12,6-5-11)14-8-10(3)4/h9-11H,5-8H2,1-4H3. The summed E-state index contributed by atoms with van der Waals surface area (Å²) in [6, 6.07) is 0. The Bertz CT molecular complexity index is 188. The molecule has 0 aromatic heterocycles. The molecule has 92 valence electrons. The van der Waals surface area contributed by atoms with Gasteiger partial charge in [-0.1, -0.05) is 27.7 Å². The van der Waals surface area contributed by atoms with Crippen LogP contribution in [0.1, 0.15) is 27.7 Å². The van der Waals surface area contributed by atoms with E-state index in [1.807, 2.05) is 27.7 Å². The minimum absolute atomic E-state index is 0.0758. The molecule has 0 aromatic rings. The average molecular weight is 238 g/mol. The lowest BCUT2D eigenvalue weighted by Gasteiger charge is -2.19. The summed E-state index contributed by atoms with van der Waals surface area (Å²) in [4.78, 5) is 0. The molecule has 15 heavy (non-hydrogen) atoms. The Morgan fingerprint density at radius 3 is 1.73 bits per heavy atom. The zero-order valence-electron chi connectivity index (χ0n) is 10.1. The van der Waals surface area contributed by atoms with Crippen molar-refractivity contribution in [3.63, 3.8) is 0 Å². The maximum atomic E-state index is 12.0. The number of aliphatic hydroxyl groups excluding tert-OH is 1. The SMILES string of the molecule is CC(C)COP(=O)(CCO)OCC(C)C. The van der Waals surface area contributed by atoms with Crippen LogP contribution in [0.2, 0.25) is 0 Å². The second-order valence-electron chi connectivity index (χ2n) is 4.44. The monoisotopic (exact) mass is 238 g/mol. The van der Waals surface area contributed by atoms with Gasteiger partial charge in [0.15, 0.2) is 0 Å². The Hall–Kier alpha value is 0.110. The highest BCUT2D eigenvalue weighted by atomic mass is 31.2. The average Bonchev–Trinajstić information content (AvgIpc) is 2.13. The molecule has 0 unspecified atom stereocenters. The van der Waals surface area contributed by atoms with Gasteiger partial charge in [-0.15, -0.1) is 0 Å². The Kier molecular flexibility index (Phi) is 7.45. The fraction of sp³-hybridized carbons (Fsp3) is 1.00. The van der Waals surface area contributed by atoms with E-state index in [1.54, 1.807) is 0 Å². The predicted molar refractivity (Wildman–Crippen MR) is 61.1 cm³/mol. The van der Waals surface area contributed by atoms with Crippen LogP contribution in [-0.2, 0) is 13.6 Å². The fourth-order valence-corrected chi connectivity index (χ4v) is 2.44. The van der Waals surface area contributed by atoms with Crippen molar-refractivity contribution in [2.75, 3.05) is 26.0 Å². The van der Waals surface area contributed by atoms with Crippen molar-refractivity contribution >= 4 is 7.60 Å². The molecule has 0 aliphatic heterocycles. The van der Waals surface area contributed by atoms with Crippen LogP contribution in [0.3, 0.4) is 0 Å². The molecule has 0 amide bonds. The first-order chi connectivity index (χ1) is 6.89. The van der Waals surface area contributed by atoms with E-state index in [9.17, 15) is 4.57 Å². The van der Waals surface area contributed by atoms with Crippen LogP contribution in [0.5, 0.6) is 0 Å². The fourth-order valence-electron chi connectivity index (χ4n) is 0.814. The lowest BCUT2D eigenvalue weighted by molar-refractivity contribution is 0.168. The molecule has 0 fully saturated rings. The molecule has 0 heterocycles. The Labute approximate surface area is 92.5 Å². The zero-order chi connectivity index (χ0) is 11.9. The van der Waals surface area contributed by atoms with Crippen LogP contribution < -0.4 is 0 Å². The van der Waals surface area contributed by atoms with Gasteiger partial charge >= 0.3 is 7.60 Å². The molecular weight excluding hydrogens is 215 g/mol. The second-order valence-corrected chi connectivity index (χ2v) is 6.62. The molecule has 0 atom stereocenters. The third kappa shape index (κ3) is 7.97. The van der Waals surface area contributed by atoms with Crippen molar-refractivity contribution in [3.05, 3.63) is 0 Å². The highest BCUT2D eigenvalue weighted by molar-refractivity contribution is 7.53. The zero-order valence-corrected chi connectivity index (χ0v) is 11.0. The summed E-state index contributed by atoms with van der Waals surface area (Å²) in [5.74, 6) is 0.610. The first-order valence-electron chi connectivity index (χ1n) is 5.38. The van der Waals surface area contributed by atoms with E-state index in [2.05, 4.69) is 0 Å². The molecule has 0 radical (unpaired) electrons. The molecule has 0 rings (SSSR count). The van der Waals surface area contributed by atoms with Crippen molar-refractivity contribution in [1.82, 2.24) is 0 Å². The van der Waals surface area contributed by atoms with Gasteiger partial charge in [0.2, 0.25) is 0 Å². The maximum absolute atomic E-state index is 12.0. The van der Waals surface area contributed by atoms with Crippen molar-refractivity contribution < 1.29 is 18.7 Å². The number of aliphatic hydroxyl groups is 1. The van der Waals surface area contributed by atoms with Crippen molar-refractivity contribution in [2.45, 2.75) is 27.7 Å². The molecule has 1 N–H and O–H groups in total. The Morgan fingerprint density at radius 2 is 1.47 bits per heavy atom. The quantitative estimate of drug-likeness (QED) is 0.660. The molecule has 0 aliphatic rings.